The molecule has 0 unspecified atom stereocenters. The number of sulfone groups is 1. The van der Waals surface area contributed by atoms with Crippen molar-refractivity contribution in [1.29, 1.82) is 0 Å². The molecule has 0 aliphatic carbocycles. The number of carbonyl (C=O) groups excluding carboxylic acids is 1. The summed E-state index contributed by atoms with van der Waals surface area (Å²) >= 11 is 1.56. The molecule has 0 spiro atoms. The maximum absolute atomic E-state index is 13.4. The molecule has 174 valence electrons. The van der Waals surface area contributed by atoms with Crippen LogP contribution in [-0.4, -0.2) is 42.5 Å². The fraction of sp³-hybridized carbons (Fsp3) is 0.304. The molecule has 4 rings (SSSR count). The molecular weight excluding hydrogens is 462 g/mol. The lowest BCUT2D eigenvalue weighted by atomic mass is 9.98. The van der Waals surface area contributed by atoms with Gasteiger partial charge in [-0.2, -0.15) is 0 Å². The molecule has 3 N–H and O–H groups in total. The van der Waals surface area contributed by atoms with E-state index in [9.17, 15) is 18.4 Å². The number of hydrogen-bond acceptors (Lipinski definition) is 8. The first-order valence-corrected chi connectivity index (χ1v) is 12.9. The molecule has 8 nitrogen and oxygen atoms in total. The largest absolute Gasteiger partial charge is 0.381 e. The van der Waals surface area contributed by atoms with Crippen LogP contribution in [0.4, 0.5) is 10.8 Å². The van der Waals surface area contributed by atoms with E-state index in [4.69, 9.17) is 4.74 Å². The molecule has 1 saturated heterocycles. The zero-order valence-electron chi connectivity index (χ0n) is 18.1. The van der Waals surface area contributed by atoms with Gasteiger partial charge in [0.1, 0.15) is 0 Å². The number of thiazole rings is 1. The standard InChI is InChI=1S/C23H25N3O5S2/c1-2-18-15-32-22(24-18)25-19-7-3-16(4-8-19)17-5-9-20(10-6-17)33(29,30)23(21(27)26-28)11-13-31-14-12-23/h3-10,15,28H,2,11-14H2,1H3,(H,24,25)(H,26,27). The summed E-state index contributed by atoms with van der Waals surface area (Å²) in [6.45, 7) is 2.33. The minimum atomic E-state index is -4.04. The van der Waals surface area contributed by atoms with Crippen molar-refractivity contribution in [3.05, 3.63) is 59.6 Å². The van der Waals surface area contributed by atoms with Crippen molar-refractivity contribution >= 4 is 37.9 Å². The molecule has 10 heteroatoms. The number of carbonyl (C=O) groups is 1. The van der Waals surface area contributed by atoms with Crippen molar-refractivity contribution in [2.75, 3.05) is 18.5 Å². The summed E-state index contributed by atoms with van der Waals surface area (Å²) in [5, 5.41) is 15.3. The molecule has 2 aromatic carbocycles. The summed E-state index contributed by atoms with van der Waals surface area (Å²) in [7, 11) is -4.04. The molecule has 1 fully saturated rings. The molecule has 3 aromatic rings. The fourth-order valence-corrected chi connectivity index (χ4v) is 6.62. The Labute approximate surface area is 196 Å². The highest BCUT2D eigenvalue weighted by Crippen LogP contribution is 2.36. The number of rotatable bonds is 7. The van der Waals surface area contributed by atoms with Gasteiger partial charge in [0.2, 0.25) is 0 Å². The molecule has 1 aliphatic heterocycles. The molecule has 1 aromatic heterocycles. The highest BCUT2D eigenvalue weighted by Gasteiger charge is 2.52. The number of aromatic nitrogens is 1. The third kappa shape index (κ3) is 4.51. The lowest BCUT2D eigenvalue weighted by molar-refractivity contribution is -0.134. The molecular formula is C23H25N3O5S2. The molecule has 0 radical (unpaired) electrons. The van der Waals surface area contributed by atoms with E-state index in [1.807, 2.05) is 29.6 Å². The van der Waals surface area contributed by atoms with Crippen molar-refractivity contribution in [1.82, 2.24) is 10.5 Å². The van der Waals surface area contributed by atoms with E-state index in [0.29, 0.717) is 0 Å². The maximum Gasteiger partial charge on any atom is 0.265 e. The average molecular weight is 488 g/mol. The lowest BCUT2D eigenvalue weighted by Gasteiger charge is -2.34. The van der Waals surface area contributed by atoms with Crippen LogP contribution in [0.1, 0.15) is 25.5 Å². The van der Waals surface area contributed by atoms with E-state index in [0.717, 1.165) is 34.1 Å². The first kappa shape index (κ1) is 23.4. The van der Waals surface area contributed by atoms with Crippen molar-refractivity contribution in [2.45, 2.75) is 35.8 Å². The van der Waals surface area contributed by atoms with Gasteiger partial charge in [0, 0.05) is 24.3 Å². The third-order valence-corrected chi connectivity index (χ3v) is 9.20. The van der Waals surface area contributed by atoms with E-state index in [-0.39, 0.29) is 31.0 Å². The Bertz CT molecular complexity index is 1220. The highest BCUT2D eigenvalue weighted by molar-refractivity contribution is 7.93. The molecule has 33 heavy (non-hydrogen) atoms. The monoisotopic (exact) mass is 487 g/mol. The number of hydroxylamine groups is 1. The summed E-state index contributed by atoms with van der Waals surface area (Å²) in [4.78, 5) is 16.9. The Morgan fingerprint density at radius 1 is 1.09 bits per heavy atom. The average Bonchev–Trinajstić information content (AvgIpc) is 3.32. The summed E-state index contributed by atoms with van der Waals surface area (Å²) < 4.78 is 30.2. The zero-order chi connectivity index (χ0) is 23.5. The van der Waals surface area contributed by atoms with Crippen LogP contribution in [-0.2, 0) is 25.8 Å². The molecule has 0 atom stereocenters. The SMILES string of the molecule is CCc1csc(Nc2ccc(-c3ccc(S(=O)(=O)C4(C(=O)NO)CCOCC4)cc3)cc2)n1. The number of nitrogens with zero attached hydrogens (tertiary/aromatic N) is 1. The smallest absolute Gasteiger partial charge is 0.265 e. The van der Waals surface area contributed by atoms with Gasteiger partial charge in [-0.15, -0.1) is 11.3 Å². The Hall–Kier alpha value is -2.79. The number of nitrogens with one attached hydrogen (secondary N) is 2. The van der Waals surface area contributed by atoms with Crippen molar-refractivity contribution in [3.63, 3.8) is 0 Å². The molecule has 2 heterocycles. The summed E-state index contributed by atoms with van der Waals surface area (Å²) in [6.07, 6.45) is 0.857. The molecule has 1 amide bonds. The van der Waals surface area contributed by atoms with Crippen LogP contribution < -0.4 is 10.8 Å². The first-order valence-electron chi connectivity index (χ1n) is 10.6. The number of ether oxygens (including phenoxy) is 1. The number of anilines is 2. The molecule has 1 aliphatic rings. The summed E-state index contributed by atoms with van der Waals surface area (Å²) in [5.41, 5.74) is 5.26. The number of amides is 1. The second kappa shape index (κ2) is 9.60. The zero-order valence-corrected chi connectivity index (χ0v) is 19.7. The topological polar surface area (TPSA) is 118 Å². The minimum Gasteiger partial charge on any atom is -0.381 e. The number of benzene rings is 2. The van der Waals surface area contributed by atoms with Crippen LogP contribution in [0.25, 0.3) is 11.1 Å². The van der Waals surface area contributed by atoms with Crippen LogP contribution in [0, 0.1) is 0 Å². The van der Waals surface area contributed by atoms with E-state index in [2.05, 4.69) is 17.2 Å². The van der Waals surface area contributed by atoms with Gasteiger partial charge in [0.15, 0.2) is 19.7 Å². The van der Waals surface area contributed by atoms with Crippen molar-refractivity contribution < 1.29 is 23.2 Å². The Kier molecular flexibility index (Phi) is 6.80. The van der Waals surface area contributed by atoms with E-state index in [1.54, 1.807) is 23.5 Å². The third-order valence-electron chi connectivity index (χ3n) is 5.88. The Morgan fingerprint density at radius 3 is 2.24 bits per heavy atom. The van der Waals surface area contributed by atoms with Crippen LogP contribution in [0.2, 0.25) is 0 Å². The van der Waals surface area contributed by atoms with Crippen LogP contribution in [0.15, 0.2) is 58.8 Å². The van der Waals surface area contributed by atoms with Crippen molar-refractivity contribution in [3.8, 4) is 11.1 Å². The van der Waals surface area contributed by atoms with Gasteiger partial charge in [-0.25, -0.2) is 18.9 Å². The van der Waals surface area contributed by atoms with Crippen LogP contribution in [0.3, 0.4) is 0 Å². The van der Waals surface area contributed by atoms with Gasteiger partial charge in [-0.05, 0) is 54.7 Å². The van der Waals surface area contributed by atoms with Gasteiger partial charge in [-0.1, -0.05) is 31.2 Å². The molecule has 0 saturated carbocycles. The van der Waals surface area contributed by atoms with Gasteiger partial charge < -0.3 is 10.1 Å². The minimum absolute atomic E-state index is 0.0171. The Balaban J connectivity index is 1.54. The van der Waals surface area contributed by atoms with Crippen LogP contribution >= 0.6 is 11.3 Å². The van der Waals surface area contributed by atoms with Gasteiger partial charge >= 0.3 is 0 Å². The number of aryl methyl sites for hydroxylation is 1. The Morgan fingerprint density at radius 2 is 1.70 bits per heavy atom. The molecule has 0 bridgehead atoms. The summed E-state index contributed by atoms with van der Waals surface area (Å²) in [6, 6.07) is 14.2. The van der Waals surface area contributed by atoms with E-state index < -0.39 is 20.5 Å². The number of hydrogen-bond donors (Lipinski definition) is 3. The van der Waals surface area contributed by atoms with Crippen molar-refractivity contribution in [2.24, 2.45) is 0 Å². The normalized spacial score (nSPS) is 15.7. The maximum atomic E-state index is 13.4. The fourth-order valence-electron chi connectivity index (χ4n) is 3.87. The predicted octanol–water partition coefficient (Wildman–Crippen LogP) is 3.94. The van der Waals surface area contributed by atoms with E-state index in [1.165, 1.54) is 17.6 Å². The second-order valence-corrected chi connectivity index (χ2v) is 10.9. The highest BCUT2D eigenvalue weighted by atomic mass is 32.2. The lowest BCUT2D eigenvalue weighted by Crippen LogP contribution is -2.54. The quantitative estimate of drug-likeness (QED) is 0.341. The van der Waals surface area contributed by atoms with Gasteiger partial charge in [-0.3, -0.25) is 10.0 Å². The van der Waals surface area contributed by atoms with Gasteiger partial charge in [0.05, 0.1) is 10.6 Å². The second-order valence-electron chi connectivity index (χ2n) is 7.78. The van der Waals surface area contributed by atoms with Crippen LogP contribution in [0.5, 0.6) is 0 Å². The summed E-state index contributed by atoms with van der Waals surface area (Å²) in [5.74, 6) is -0.927. The first-order chi connectivity index (χ1) is 15.9. The van der Waals surface area contributed by atoms with E-state index >= 15 is 0 Å². The predicted molar refractivity (Wildman–Crippen MR) is 127 cm³/mol. The van der Waals surface area contributed by atoms with Gasteiger partial charge in [0.25, 0.3) is 5.91 Å².